The molecule has 3 aromatic carbocycles. The molecule has 1 aliphatic heterocycles. The molecule has 1 aliphatic rings. The van der Waals surface area contributed by atoms with Crippen molar-refractivity contribution in [2.45, 2.75) is 19.3 Å². The van der Waals surface area contributed by atoms with Gasteiger partial charge in [-0.3, -0.25) is 9.69 Å². The summed E-state index contributed by atoms with van der Waals surface area (Å²) in [6.07, 6.45) is -4.11. The second-order valence-electron chi connectivity index (χ2n) is 8.10. The summed E-state index contributed by atoms with van der Waals surface area (Å²) in [5.74, 6) is -0.0968. The van der Waals surface area contributed by atoms with Crippen LogP contribution in [-0.2, 0) is 11.3 Å². The molecular weight excluding hydrogens is 475 g/mol. The highest BCUT2D eigenvalue weighted by molar-refractivity contribution is 5.95. The second kappa shape index (κ2) is 11.0. The molecule has 1 saturated heterocycles. The van der Waals surface area contributed by atoms with E-state index < -0.39 is 6.36 Å². The van der Waals surface area contributed by atoms with Crippen LogP contribution >= 0.6 is 0 Å². The van der Waals surface area contributed by atoms with Crippen molar-refractivity contribution in [2.75, 3.05) is 29.9 Å². The summed E-state index contributed by atoms with van der Waals surface area (Å²) >= 11 is 0. The van der Waals surface area contributed by atoms with Crippen LogP contribution in [0.3, 0.4) is 0 Å². The first-order valence-electron chi connectivity index (χ1n) is 11.3. The van der Waals surface area contributed by atoms with E-state index in [4.69, 9.17) is 4.74 Å². The number of hydrogen-bond donors (Lipinski definition) is 1. The highest BCUT2D eigenvalue weighted by atomic mass is 19.4. The van der Waals surface area contributed by atoms with Gasteiger partial charge in [-0.1, -0.05) is 36.4 Å². The van der Waals surface area contributed by atoms with Crippen molar-refractivity contribution in [1.29, 1.82) is 0 Å². The smallest absolute Gasteiger partial charge is 0.484 e. The number of carbonyl (C=O) groups excluding carboxylic acids is 2. The molecule has 0 aromatic heterocycles. The number of urea groups is 1. The number of nitrogens with one attached hydrogen (secondary N) is 1. The first-order valence-corrected chi connectivity index (χ1v) is 11.3. The normalized spacial score (nSPS) is 13.9. The molecule has 4 rings (SSSR count). The molecule has 0 spiro atoms. The molecule has 0 aliphatic carbocycles. The minimum atomic E-state index is -4.79. The van der Waals surface area contributed by atoms with E-state index in [-0.39, 0.29) is 30.8 Å². The van der Waals surface area contributed by atoms with Crippen molar-refractivity contribution in [3.63, 3.8) is 0 Å². The molecule has 3 amide bonds. The number of nitrogens with zero attached hydrogens (tertiary/aromatic N) is 2. The molecule has 10 heteroatoms. The highest BCUT2D eigenvalue weighted by Gasteiger charge is 2.31. The van der Waals surface area contributed by atoms with Gasteiger partial charge in [0.2, 0.25) is 0 Å². The summed E-state index contributed by atoms with van der Waals surface area (Å²) in [7, 11) is 0. The number of para-hydroxylation sites is 1. The van der Waals surface area contributed by atoms with Gasteiger partial charge in [0.1, 0.15) is 11.5 Å². The van der Waals surface area contributed by atoms with Crippen LogP contribution in [0, 0.1) is 0 Å². The molecule has 0 unspecified atom stereocenters. The Morgan fingerprint density at radius 3 is 2.44 bits per heavy atom. The van der Waals surface area contributed by atoms with Crippen molar-refractivity contribution in [1.82, 2.24) is 4.90 Å². The predicted octanol–water partition coefficient (Wildman–Crippen LogP) is 5.44. The molecule has 7 nitrogen and oxygen atoms in total. The number of halogens is 3. The summed E-state index contributed by atoms with van der Waals surface area (Å²) in [6.45, 7) is 0.910. The third-order valence-corrected chi connectivity index (χ3v) is 5.37. The molecule has 3 aromatic rings. The van der Waals surface area contributed by atoms with Crippen LogP contribution in [0.1, 0.15) is 12.0 Å². The van der Waals surface area contributed by atoms with E-state index in [1.165, 1.54) is 18.2 Å². The van der Waals surface area contributed by atoms with Crippen LogP contribution in [0.5, 0.6) is 11.5 Å². The minimum Gasteiger partial charge on any atom is -0.484 e. The lowest BCUT2D eigenvalue weighted by Gasteiger charge is -2.36. The Labute approximate surface area is 206 Å². The lowest BCUT2D eigenvalue weighted by Crippen LogP contribution is -2.49. The minimum absolute atomic E-state index is 0.137. The zero-order valence-corrected chi connectivity index (χ0v) is 19.2. The topological polar surface area (TPSA) is 71.1 Å². The van der Waals surface area contributed by atoms with Crippen LogP contribution in [0.15, 0.2) is 78.9 Å². The van der Waals surface area contributed by atoms with Gasteiger partial charge in [-0.2, -0.15) is 0 Å². The zero-order chi connectivity index (χ0) is 25.5. The fourth-order valence-corrected chi connectivity index (χ4v) is 3.84. The number of carbonyl (C=O) groups is 2. The van der Waals surface area contributed by atoms with E-state index in [0.29, 0.717) is 42.2 Å². The molecule has 0 atom stereocenters. The van der Waals surface area contributed by atoms with Crippen LogP contribution in [0.25, 0.3) is 0 Å². The number of hydrogen-bond acceptors (Lipinski definition) is 4. The molecule has 1 N–H and O–H groups in total. The van der Waals surface area contributed by atoms with Crippen molar-refractivity contribution < 1.29 is 32.2 Å². The van der Waals surface area contributed by atoms with Gasteiger partial charge in [0.15, 0.2) is 6.61 Å². The van der Waals surface area contributed by atoms with Crippen LogP contribution in [0.4, 0.5) is 29.3 Å². The number of amides is 3. The Bertz CT molecular complexity index is 1200. The maximum Gasteiger partial charge on any atom is 0.573 e. The van der Waals surface area contributed by atoms with Crippen molar-refractivity contribution in [3.8, 4) is 11.5 Å². The third-order valence-electron chi connectivity index (χ3n) is 5.37. The summed E-state index contributed by atoms with van der Waals surface area (Å²) in [5, 5.41) is 2.76. The van der Waals surface area contributed by atoms with Crippen LogP contribution in [-0.4, -0.2) is 42.9 Å². The van der Waals surface area contributed by atoms with E-state index in [1.54, 1.807) is 52.3 Å². The molecule has 188 valence electrons. The van der Waals surface area contributed by atoms with E-state index in [2.05, 4.69) is 10.1 Å². The predicted molar refractivity (Wildman–Crippen MR) is 128 cm³/mol. The monoisotopic (exact) mass is 499 g/mol. The summed E-state index contributed by atoms with van der Waals surface area (Å²) in [4.78, 5) is 28.6. The Morgan fingerprint density at radius 2 is 1.67 bits per heavy atom. The van der Waals surface area contributed by atoms with Crippen LogP contribution in [0.2, 0.25) is 0 Å². The summed E-state index contributed by atoms with van der Waals surface area (Å²) in [6, 6.07) is 21.2. The van der Waals surface area contributed by atoms with Gasteiger partial charge in [-0.05, 0) is 54.4 Å². The van der Waals surface area contributed by atoms with E-state index in [0.717, 1.165) is 0 Å². The van der Waals surface area contributed by atoms with Gasteiger partial charge in [0.25, 0.3) is 5.91 Å². The van der Waals surface area contributed by atoms with Crippen molar-refractivity contribution in [2.24, 2.45) is 0 Å². The molecule has 0 saturated carbocycles. The van der Waals surface area contributed by atoms with Gasteiger partial charge in [0.05, 0.1) is 0 Å². The van der Waals surface area contributed by atoms with Gasteiger partial charge < -0.3 is 19.7 Å². The van der Waals surface area contributed by atoms with Gasteiger partial charge in [-0.15, -0.1) is 13.2 Å². The maximum absolute atomic E-state index is 13.2. The lowest BCUT2D eigenvalue weighted by molar-refractivity contribution is -0.274. The number of rotatable bonds is 8. The van der Waals surface area contributed by atoms with Crippen LogP contribution < -0.4 is 19.7 Å². The van der Waals surface area contributed by atoms with E-state index >= 15 is 0 Å². The first-order chi connectivity index (χ1) is 17.3. The summed E-state index contributed by atoms with van der Waals surface area (Å²) < 4.78 is 47.0. The zero-order valence-electron chi connectivity index (χ0n) is 19.2. The average molecular weight is 499 g/mol. The molecule has 1 fully saturated rings. The maximum atomic E-state index is 13.2. The highest BCUT2D eigenvalue weighted by Crippen LogP contribution is 2.27. The van der Waals surface area contributed by atoms with Gasteiger partial charge in [-0.25, -0.2) is 4.79 Å². The Morgan fingerprint density at radius 1 is 0.917 bits per heavy atom. The lowest BCUT2D eigenvalue weighted by atomic mass is 10.1. The molecule has 0 radical (unpaired) electrons. The summed E-state index contributed by atoms with van der Waals surface area (Å²) in [5.41, 5.74) is 1.63. The quantitative estimate of drug-likeness (QED) is 0.449. The SMILES string of the molecule is O=C(COc1ccccc1)Nc1cccc(N2CCCN(Cc3cccc(OC(F)(F)F)c3)C2=O)c1. The Hall–Kier alpha value is -4.21. The average Bonchev–Trinajstić information content (AvgIpc) is 2.84. The number of benzene rings is 3. The number of ether oxygens (including phenoxy) is 2. The largest absolute Gasteiger partial charge is 0.573 e. The molecule has 1 heterocycles. The Balaban J connectivity index is 1.38. The molecule has 0 bridgehead atoms. The van der Waals surface area contributed by atoms with Crippen molar-refractivity contribution in [3.05, 3.63) is 84.4 Å². The molecule has 36 heavy (non-hydrogen) atoms. The van der Waals surface area contributed by atoms with Gasteiger partial charge in [0, 0.05) is 31.0 Å². The second-order valence-corrected chi connectivity index (χ2v) is 8.10. The standard InChI is InChI=1S/C26H24F3N3O4/c27-26(28,29)36-23-12-4-7-19(15-23)17-31-13-6-14-32(25(31)34)21-9-5-8-20(16-21)30-24(33)18-35-22-10-2-1-3-11-22/h1-5,7-12,15-16H,6,13-14,17-18H2,(H,30,33). The number of anilines is 2. The molecular formula is C26H24F3N3O4. The van der Waals surface area contributed by atoms with E-state index in [1.807, 2.05) is 18.2 Å². The Kier molecular flexibility index (Phi) is 7.62. The fraction of sp³-hybridized carbons (Fsp3) is 0.231. The third kappa shape index (κ3) is 6.91. The fourth-order valence-electron chi connectivity index (χ4n) is 3.84. The van der Waals surface area contributed by atoms with Gasteiger partial charge >= 0.3 is 12.4 Å². The first kappa shape index (κ1) is 24.9. The van der Waals surface area contributed by atoms with E-state index in [9.17, 15) is 22.8 Å². The van der Waals surface area contributed by atoms with Crippen molar-refractivity contribution >= 4 is 23.3 Å². The number of alkyl halides is 3.